The van der Waals surface area contributed by atoms with Crippen LogP contribution in [0.3, 0.4) is 0 Å². The number of carboxylic acid groups (broad SMARTS) is 1. The van der Waals surface area contributed by atoms with Gasteiger partial charge in [-0.05, 0) is 12.8 Å². The fourth-order valence-corrected chi connectivity index (χ4v) is 0.619. The van der Waals surface area contributed by atoms with E-state index in [-0.39, 0.29) is 12.8 Å². The maximum atomic E-state index is 11.5. The summed E-state index contributed by atoms with van der Waals surface area (Å²) in [6.45, 7) is 0. The van der Waals surface area contributed by atoms with Crippen molar-refractivity contribution in [1.29, 1.82) is 0 Å². The van der Waals surface area contributed by atoms with Gasteiger partial charge in [0, 0.05) is 6.42 Å². The molecular formula is C6H9F3O3. The van der Waals surface area contributed by atoms with Crippen molar-refractivity contribution in [3.8, 4) is 0 Å². The van der Waals surface area contributed by atoms with Crippen molar-refractivity contribution in [2.75, 3.05) is 0 Å². The van der Waals surface area contributed by atoms with Gasteiger partial charge in [0.2, 0.25) is 0 Å². The lowest BCUT2D eigenvalue weighted by atomic mass is 10.1. The second-order valence-electron chi connectivity index (χ2n) is 2.36. The largest absolute Gasteiger partial charge is 0.479 e. The summed E-state index contributed by atoms with van der Waals surface area (Å²) < 4.78 is 34.4. The Balaban J connectivity index is 3.51. The molecule has 0 aromatic heterocycles. The Labute approximate surface area is 66.8 Å². The van der Waals surface area contributed by atoms with Crippen molar-refractivity contribution in [2.24, 2.45) is 0 Å². The molecule has 0 fully saturated rings. The smallest absolute Gasteiger partial charge is 0.389 e. The lowest BCUT2D eigenvalue weighted by Gasteiger charge is -2.07. The lowest BCUT2D eigenvalue weighted by molar-refractivity contribution is -0.150. The van der Waals surface area contributed by atoms with Crippen LogP contribution in [0, 0.1) is 0 Å². The van der Waals surface area contributed by atoms with Crippen LogP contribution in [-0.4, -0.2) is 28.5 Å². The van der Waals surface area contributed by atoms with Gasteiger partial charge < -0.3 is 10.2 Å². The zero-order chi connectivity index (χ0) is 9.78. The molecular weight excluding hydrogens is 177 g/mol. The first-order chi connectivity index (χ1) is 5.33. The molecule has 0 aliphatic rings. The predicted octanol–water partition coefficient (Wildman–Crippen LogP) is 1.16. The third-order valence-electron chi connectivity index (χ3n) is 1.22. The molecule has 0 heterocycles. The zero-order valence-corrected chi connectivity index (χ0v) is 6.14. The molecule has 72 valence electrons. The number of carboxylic acids is 1. The lowest BCUT2D eigenvalue weighted by Crippen LogP contribution is -2.20. The Morgan fingerprint density at radius 3 is 2.25 bits per heavy atom. The molecule has 12 heavy (non-hydrogen) atoms. The first-order valence-electron chi connectivity index (χ1n) is 3.30. The molecule has 2 N–H and O–H groups in total. The number of carbonyl (C=O) groups is 1. The van der Waals surface area contributed by atoms with Gasteiger partial charge in [-0.25, -0.2) is 4.79 Å². The van der Waals surface area contributed by atoms with Gasteiger partial charge in [0.15, 0.2) is 6.10 Å². The molecule has 0 amide bonds. The van der Waals surface area contributed by atoms with Gasteiger partial charge in [0.1, 0.15) is 0 Å². The standard InChI is InChI=1S/C6H9F3O3/c7-6(8,9)3-1-2-4(10)5(11)12/h4,10H,1-3H2,(H,11,12). The molecule has 0 rings (SSSR count). The van der Waals surface area contributed by atoms with Crippen LogP contribution in [0.1, 0.15) is 19.3 Å². The minimum Gasteiger partial charge on any atom is -0.479 e. The quantitative estimate of drug-likeness (QED) is 0.692. The second-order valence-corrected chi connectivity index (χ2v) is 2.36. The number of aliphatic hydroxyl groups excluding tert-OH is 1. The molecule has 0 radical (unpaired) electrons. The van der Waals surface area contributed by atoms with Crippen LogP contribution in [0.5, 0.6) is 0 Å². The van der Waals surface area contributed by atoms with Crippen LogP contribution in [0.4, 0.5) is 13.2 Å². The van der Waals surface area contributed by atoms with Crippen molar-refractivity contribution in [2.45, 2.75) is 31.5 Å². The number of halogens is 3. The van der Waals surface area contributed by atoms with Gasteiger partial charge in [-0.2, -0.15) is 13.2 Å². The van der Waals surface area contributed by atoms with Crippen molar-refractivity contribution in [3.05, 3.63) is 0 Å². The van der Waals surface area contributed by atoms with E-state index in [0.29, 0.717) is 0 Å². The molecule has 0 saturated carbocycles. The predicted molar refractivity (Wildman–Crippen MR) is 33.5 cm³/mol. The highest BCUT2D eigenvalue weighted by Gasteiger charge is 2.27. The second kappa shape index (κ2) is 4.30. The number of aliphatic hydroxyl groups is 1. The first kappa shape index (κ1) is 11.2. The molecule has 1 atom stereocenters. The first-order valence-corrected chi connectivity index (χ1v) is 3.30. The Bertz CT molecular complexity index is 155. The molecule has 1 unspecified atom stereocenters. The van der Waals surface area contributed by atoms with E-state index in [1.54, 1.807) is 0 Å². The van der Waals surface area contributed by atoms with Gasteiger partial charge in [0.05, 0.1) is 0 Å². The van der Waals surface area contributed by atoms with Crippen molar-refractivity contribution in [1.82, 2.24) is 0 Å². The van der Waals surface area contributed by atoms with Crippen molar-refractivity contribution in [3.63, 3.8) is 0 Å². The average Bonchev–Trinajstić information content (AvgIpc) is 1.84. The van der Waals surface area contributed by atoms with E-state index in [2.05, 4.69) is 0 Å². The van der Waals surface area contributed by atoms with Gasteiger partial charge in [-0.1, -0.05) is 0 Å². The fourth-order valence-electron chi connectivity index (χ4n) is 0.619. The number of hydrogen-bond donors (Lipinski definition) is 2. The molecule has 0 bridgehead atoms. The third kappa shape index (κ3) is 5.96. The Kier molecular flexibility index (Phi) is 4.02. The van der Waals surface area contributed by atoms with Crippen molar-refractivity contribution >= 4 is 5.97 Å². The van der Waals surface area contributed by atoms with Gasteiger partial charge in [-0.3, -0.25) is 0 Å². The average molecular weight is 186 g/mol. The summed E-state index contributed by atoms with van der Waals surface area (Å²) in [5.74, 6) is -1.49. The van der Waals surface area contributed by atoms with E-state index >= 15 is 0 Å². The fraction of sp³-hybridized carbons (Fsp3) is 0.833. The van der Waals surface area contributed by atoms with Crippen LogP contribution >= 0.6 is 0 Å². The number of alkyl halides is 3. The van der Waals surface area contributed by atoms with Gasteiger partial charge in [0.25, 0.3) is 0 Å². The van der Waals surface area contributed by atoms with Crippen LogP contribution in [-0.2, 0) is 4.79 Å². The summed E-state index contributed by atoms with van der Waals surface area (Å²) in [7, 11) is 0. The van der Waals surface area contributed by atoms with Crippen LogP contribution in [0.25, 0.3) is 0 Å². The minimum atomic E-state index is -4.28. The van der Waals surface area contributed by atoms with Crippen LogP contribution in [0.2, 0.25) is 0 Å². The van der Waals surface area contributed by atoms with Gasteiger partial charge >= 0.3 is 12.1 Å². The highest BCUT2D eigenvalue weighted by molar-refractivity contribution is 5.71. The van der Waals surface area contributed by atoms with E-state index in [9.17, 15) is 18.0 Å². The van der Waals surface area contributed by atoms with Crippen molar-refractivity contribution < 1.29 is 28.2 Å². The molecule has 0 aliphatic carbocycles. The summed E-state index contributed by atoms with van der Waals surface area (Å²) in [5.41, 5.74) is 0. The summed E-state index contributed by atoms with van der Waals surface area (Å²) in [6.07, 6.45) is -7.76. The van der Waals surface area contributed by atoms with E-state index < -0.39 is 24.7 Å². The maximum Gasteiger partial charge on any atom is 0.389 e. The molecule has 0 aromatic carbocycles. The zero-order valence-electron chi connectivity index (χ0n) is 6.14. The highest BCUT2D eigenvalue weighted by Crippen LogP contribution is 2.22. The van der Waals surface area contributed by atoms with Gasteiger partial charge in [-0.15, -0.1) is 0 Å². The van der Waals surface area contributed by atoms with E-state index in [0.717, 1.165) is 0 Å². The molecule has 0 spiro atoms. The monoisotopic (exact) mass is 186 g/mol. The summed E-state index contributed by atoms with van der Waals surface area (Å²) in [4.78, 5) is 9.92. The molecule has 3 nitrogen and oxygen atoms in total. The van der Waals surface area contributed by atoms with E-state index in [4.69, 9.17) is 10.2 Å². The topological polar surface area (TPSA) is 57.5 Å². The Hall–Kier alpha value is -0.780. The Morgan fingerprint density at radius 1 is 1.42 bits per heavy atom. The minimum absolute atomic E-state index is 0.364. The molecule has 0 saturated heterocycles. The maximum absolute atomic E-state index is 11.5. The van der Waals surface area contributed by atoms with Crippen LogP contribution < -0.4 is 0 Å². The van der Waals surface area contributed by atoms with Crippen LogP contribution in [0.15, 0.2) is 0 Å². The molecule has 6 heteroatoms. The Morgan fingerprint density at radius 2 is 1.92 bits per heavy atom. The third-order valence-corrected chi connectivity index (χ3v) is 1.22. The molecule has 0 aliphatic heterocycles. The SMILES string of the molecule is O=C(O)C(O)CCCC(F)(F)F. The highest BCUT2D eigenvalue weighted by atomic mass is 19.4. The number of rotatable bonds is 4. The molecule has 0 aromatic rings. The van der Waals surface area contributed by atoms with E-state index in [1.165, 1.54) is 0 Å². The number of hydrogen-bond acceptors (Lipinski definition) is 2. The summed E-state index contributed by atoms with van der Waals surface area (Å²) >= 11 is 0. The summed E-state index contributed by atoms with van der Waals surface area (Å²) in [5, 5.41) is 16.6. The normalized spacial score (nSPS) is 14.3. The van der Waals surface area contributed by atoms with E-state index in [1.807, 2.05) is 0 Å². The number of aliphatic carboxylic acids is 1. The summed E-state index contributed by atoms with van der Waals surface area (Å²) in [6, 6.07) is 0.